The topological polar surface area (TPSA) is 112 Å². The fourth-order valence-corrected chi connectivity index (χ4v) is 3.01. The number of anilines is 1. The maximum Gasteiger partial charge on any atom is 0.270 e. The summed E-state index contributed by atoms with van der Waals surface area (Å²) in [5.41, 5.74) is 1.26. The van der Waals surface area contributed by atoms with Crippen molar-refractivity contribution in [3.8, 4) is 6.07 Å². The molecule has 1 fully saturated rings. The number of carbonyl (C=O) groups is 1. The van der Waals surface area contributed by atoms with Gasteiger partial charge in [-0.3, -0.25) is 19.9 Å². The van der Waals surface area contributed by atoms with Crippen LogP contribution in [0.4, 0.5) is 17.1 Å². The molecule has 1 aliphatic rings. The van der Waals surface area contributed by atoms with E-state index in [0.29, 0.717) is 16.9 Å². The minimum atomic E-state index is -0.543. The molecule has 28 heavy (non-hydrogen) atoms. The van der Waals surface area contributed by atoms with E-state index in [9.17, 15) is 14.9 Å². The molecule has 8 nitrogen and oxygen atoms in total. The van der Waals surface area contributed by atoms with E-state index in [0.717, 1.165) is 19.4 Å². The lowest BCUT2D eigenvalue weighted by Crippen LogP contribution is -2.26. The van der Waals surface area contributed by atoms with Crippen LogP contribution < -0.4 is 10.2 Å². The Morgan fingerprint density at radius 1 is 1.39 bits per heavy atom. The molecule has 1 aliphatic heterocycles. The Bertz CT molecular complexity index is 974. The second kappa shape index (κ2) is 8.41. The van der Waals surface area contributed by atoms with Crippen molar-refractivity contribution >= 4 is 29.2 Å². The number of nitrogens with zero attached hydrogens (tertiary/aromatic N) is 4. The van der Waals surface area contributed by atoms with E-state index >= 15 is 0 Å². The van der Waals surface area contributed by atoms with Crippen LogP contribution in [0.15, 0.2) is 47.5 Å². The van der Waals surface area contributed by atoms with Crippen LogP contribution in [0.25, 0.3) is 0 Å². The average molecular weight is 377 g/mol. The quantitative estimate of drug-likeness (QED) is 0.488. The maximum atomic E-state index is 13.1. The van der Waals surface area contributed by atoms with E-state index in [-0.39, 0.29) is 17.3 Å². The zero-order chi connectivity index (χ0) is 20.1. The number of nitro benzene ring substituents is 1. The summed E-state index contributed by atoms with van der Waals surface area (Å²) in [5, 5.41) is 23.5. The Morgan fingerprint density at radius 2 is 2.21 bits per heavy atom. The van der Waals surface area contributed by atoms with E-state index in [4.69, 9.17) is 5.26 Å². The molecule has 1 atom stereocenters. The SMILES string of the molecule is CN(C(=O)c1cc([N+](=O)[O-])ccc1/N=C/C1CCCN1)c1cccc(C#N)c1. The first-order chi connectivity index (χ1) is 13.5. The molecular weight excluding hydrogens is 358 g/mol. The third-order valence-corrected chi connectivity index (χ3v) is 4.58. The van der Waals surface area contributed by atoms with Crippen LogP contribution >= 0.6 is 0 Å². The molecule has 1 saturated heterocycles. The molecule has 0 bridgehead atoms. The molecule has 2 aromatic carbocycles. The van der Waals surface area contributed by atoms with Crippen LogP contribution in [0.2, 0.25) is 0 Å². The third kappa shape index (κ3) is 4.22. The van der Waals surface area contributed by atoms with Crippen molar-refractivity contribution in [1.29, 1.82) is 5.26 Å². The largest absolute Gasteiger partial charge is 0.311 e. The summed E-state index contributed by atoms with van der Waals surface area (Å²) in [5.74, 6) is -0.440. The Kier molecular flexibility index (Phi) is 5.77. The molecule has 0 saturated carbocycles. The number of hydrogen-bond acceptors (Lipinski definition) is 6. The maximum absolute atomic E-state index is 13.1. The highest BCUT2D eigenvalue weighted by atomic mass is 16.6. The van der Waals surface area contributed by atoms with E-state index in [1.165, 1.54) is 23.1 Å². The first-order valence-electron chi connectivity index (χ1n) is 8.84. The first kappa shape index (κ1) is 19.2. The number of nitro groups is 1. The van der Waals surface area contributed by atoms with E-state index in [1.54, 1.807) is 37.5 Å². The van der Waals surface area contributed by atoms with Crippen molar-refractivity contribution in [3.05, 3.63) is 63.7 Å². The summed E-state index contributed by atoms with van der Waals surface area (Å²) in [6.07, 6.45) is 3.75. The summed E-state index contributed by atoms with van der Waals surface area (Å²) in [7, 11) is 1.56. The fourth-order valence-electron chi connectivity index (χ4n) is 3.01. The van der Waals surface area contributed by atoms with Crippen LogP contribution in [0.1, 0.15) is 28.8 Å². The molecule has 0 radical (unpaired) electrons. The zero-order valence-corrected chi connectivity index (χ0v) is 15.3. The van der Waals surface area contributed by atoms with Gasteiger partial charge in [-0.1, -0.05) is 6.07 Å². The van der Waals surface area contributed by atoms with Gasteiger partial charge in [-0.25, -0.2) is 0 Å². The number of amides is 1. The fraction of sp³-hybridized carbons (Fsp3) is 0.250. The van der Waals surface area contributed by atoms with E-state index in [1.807, 2.05) is 6.07 Å². The minimum absolute atomic E-state index is 0.128. The number of non-ortho nitro benzene ring substituents is 1. The van der Waals surface area contributed by atoms with Crippen molar-refractivity contribution in [2.45, 2.75) is 18.9 Å². The van der Waals surface area contributed by atoms with Gasteiger partial charge in [-0.05, 0) is 43.7 Å². The third-order valence-electron chi connectivity index (χ3n) is 4.58. The highest BCUT2D eigenvalue weighted by molar-refractivity contribution is 6.09. The first-order valence-corrected chi connectivity index (χ1v) is 8.84. The number of hydrogen-bond donors (Lipinski definition) is 1. The molecule has 142 valence electrons. The minimum Gasteiger partial charge on any atom is -0.311 e. The average Bonchev–Trinajstić information content (AvgIpc) is 3.24. The predicted molar refractivity (Wildman–Crippen MR) is 106 cm³/mol. The van der Waals surface area contributed by atoms with Gasteiger partial charge in [0.1, 0.15) is 0 Å². The van der Waals surface area contributed by atoms with Gasteiger partial charge in [0.2, 0.25) is 0 Å². The molecular formula is C20H19N5O3. The second-order valence-electron chi connectivity index (χ2n) is 6.47. The van der Waals surface area contributed by atoms with Crippen LogP contribution in [-0.4, -0.2) is 36.7 Å². The Morgan fingerprint density at radius 3 is 2.89 bits per heavy atom. The molecule has 1 amide bonds. The highest BCUT2D eigenvalue weighted by Gasteiger charge is 2.21. The molecule has 1 N–H and O–H groups in total. The smallest absolute Gasteiger partial charge is 0.270 e. The van der Waals surface area contributed by atoms with Gasteiger partial charge in [0.15, 0.2) is 0 Å². The van der Waals surface area contributed by atoms with Crippen LogP contribution in [0.3, 0.4) is 0 Å². The molecule has 1 heterocycles. The van der Waals surface area contributed by atoms with Crippen LogP contribution in [0, 0.1) is 21.4 Å². The van der Waals surface area contributed by atoms with Crippen molar-refractivity contribution in [2.75, 3.05) is 18.5 Å². The van der Waals surface area contributed by atoms with Gasteiger partial charge in [0.05, 0.1) is 27.8 Å². The number of aliphatic imine (C=N–C) groups is 1. The van der Waals surface area contributed by atoms with Crippen LogP contribution in [-0.2, 0) is 0 Å². The van der Waals surface area contributed by atoms with E-state index < -0.39 is 10.8 Å². The molecule has 0 aliphatic carbocycles. The lowest BCUT2D eigenvalue weighted by molar-refractivity contribution is -0.384. The molecule has 8 heteroatoms. The van der Waals surface area contributed by atoms with Crippen molar-refractivity contribution in [1.82, 2.24) is 5.32 Å². The van der Waals surface area contributed by atoms with E-state index in [2.05, 4.69) is 10.3 Å². The Hall–Kier alpha value is -3.57. The van der Waals surface area contributed by atoms with Gasteiger partial charge >= 0.3 is 0 Å². The molecule has 2 aromatic rings. The number of benzene rings is 2. The second-order valence-corrected chi connectivity index (χ2v) is 6.47. The summed E-state index contributed by atoms with van der Waals surface area (Å²) >= 11 is 0. The zero-order valence-electron chi connectivity index (χ0n) is 15.3. The van der Waals surface area contributed by atoms with Gasteiger partial charge in [0, 0.05) is 37.1 Å². The summed E-state index contributed by atoms with van der Waals surface area (Å²) in [6.45, 7) is 0.917. The molecule has 1 unspecified atom stereocenters. The summed E-state index contributed by atoms with van der Waals surface area (Å²) < 4.78 is 0. The molecule has 0 spiro atoms. The van der Waals surface area contributed by atoms with Gasteiger partial charge in [-0.15, -0.1) is 0 Å². The summed E-state index contributed by atoms with van der Waals surface area (Å²) in [4.78, 5) is 29.5. The number of rotatable bonds is 5. The Labute approximate surface area is 162 Å². The van der Waals surface area contributed by atoms with Gasteiger partial charge < -0.3 is 10.2 Å². The van der Waals surface area contributed by atoms with Crippen molar-refractivity contribution < 1.29 is 9.72 Å². The monoisotopic (exact) mass is 377 g/mol. The lowest BCUT2D eigenvalue weighted by Gasteiger charge is -2.18. The number of nitrogens with one attached hydrogen (secondary N) is 1. The van der Waals surface area contributed by atoms with Gasteiger partial charge in [0.25, 0.3) is 11.6 Å². The lowest BCUT2D eigenvalue weighted by atomic mass is 10.1. The molecule has 3 rings (SSSR count). The standard InChI is InChI=1S/C20H19N5O3/c1-24(16-6-2-4-14(10-16)12-21)20(26)18-11-17(25(27)28)7-8-19(18)23-13-15-5-3-9-22-15/h2,4,6-8,10-11,13,15,22H,3,5,9H2,1H3/b23-13+. The summed E-state index contributed by atoms with van der Waals surface area (Å²) in [6, 6.07) is 12.8. The van der Waals surface area contributed by atoms with Crippen LogP contribution in [0.5, 0.6) is 0 Å². The number of carbonyl (C=O) groups excluding carboxylic acids is 1. The highest BCUT2D eigenvalue weighted by Crippen LogP contribution is 2.27. The predicted octanol–water partition coefficient (Wildman–Crippen LogP) is 3.20. The van der Waals surface area contributed by atoms with Crippen molar-refractivity contribution in [2.24, 2.45) is 4.99 Å². The Balaban J connectivity index is 1.96. The molecule has 0 aromatic heterocycles. The normalized spacial score (nSPS) is 16.1. The van der Waals surface area contributed by atoms with Gasteiger partial charge in [-0.2, -0.15) is 5.26 Å². The van der Waals surface area contributed by atoms with Crippen molar-refractivity contribution in [3.63, 3.8) is 0 Å². The number of nitriles is 1.